The first-order valence-corrected chi connectivity index (χ1v) is 11.6. The molecule has 0 bridgehead atoms. The van der Waals surface area contributed by atoms with E-state index in [1.54, 1.807) is 49.6 Å². The number of rotatable bonds is 3. The highest BCUT2D eigenvalue weighted by atomic mass is 35.5. The van der Waals surface area contributed by atoms with E-state index in [4.69, 9.17) is 23.2 Å². The topological polar surface area (TPSA) is 58.5 Å². The maximum Gasteiger partial charge on any atom is 0.294 e. The number of nitrogens with one attached hydrogen (secondary N) is 1. The van der Waals surface area contributed by atoms with Gasteiger partial charge in [-0.2, -0.15) is 8.42 Å². The zero-order valence-corrected chi connectivity index (χ0v) is 17.7. The molecule has 0 atom stereocenters. The molecule has 0 saturated carbocycles. The summed E-state index contributed by atoms with van der Waals surface area (Å²) in [6, 6.07) is 12.3. The van der Waals surface area contributed by atoms with Crippen LogP contribution in [-0.2, 0) is 10.0 Å². The monoisotopic (exact) mass is 444 g/mol. The summed E-state index contributed by atoms with van der Waals surface area (Å²) in [7, 11) is -3.85. The average Bonchev–Trinajstić information content (AvgIpc) is 2.93. The quantitative estimate of drug-likeness (QED) is 0.395. The van der Waals surface area contributed by atoms with Crippen molar-refractivity contribution in [1.29, 1.82) is 0 Å². The molecule has 1 N–H and O–H groups in total. The molecule has 3 aromatic rings. The van der Waals surface area contributed by atoms with Crippen LogP contribution in [0, 0.1) is 6.92 Å². The fraction of sp³-hybridized carbons (Fsp3) is 0.118. The SMILES string of the molecule is CS/C(=N\S(=O)(=O)c1sc2ccc(Cl)cc2c1C)Nc1ccc(Cl)cc1. The van der Waals surface area contributed by atoms with Gasteiger partial charge in [-0.3, -0.25) is 0 Å². The van der Waals surface area contributed by atoms with Crippen LogP contribution in [0.2, 0.25) is 10.0 Å². The van der Waals surface area contributed by atoms with Gasteiger partial charge in [-0.25, -0.2) is 0 Å². The van der Waals surface area contributed by atoms with Crippen molar-refractivity contribution in [3.8, 4) is 0 Å². The molecule has 3 rings (SSSR count). The van der Waals surface area contributed by atoms with Crippen molar-refractivity contribution in [3.63, 3.8) is 0 Å². The normalized spacial score (nSPS) is 12.5. The third-order valence-electron chi connectivity index (χ3n) is 3.58. The van der Waals surface area contributed by atoms with Crippen LogP contribution in [0.25, 0.3) is 10.1 Å². The first kappa shape index (κ1) is 19.5. The summed E-state index contributed by atoms with van der Waals surface area (Å²) in [6.07, 6.45) is 1.76. The van der Waals surface area contributed by atoms with E-state index in [2.05, 4.69) is 9.71 Å². The van der Waals surface area contributed by atoms with E-state index in [0.717, 1.165) is 10.1 Å². The molecule has 9 heteroatoms. The number of halogens is 2. The van der Waals surface area contributed by atoms with Crippen molar-refractivity contribution >= 4 is 77.3 Å². The molecule has 1 aromatic heterocycles. The summed E-state index contributed by atoms with van der Waals surface area (Å²) >= 11 is 14.3. The van der Waals surface area contributed by atoms with E-state index in [1.165, 1.54) is 23.1 Å². The molecule has 0 aliphatic rings. The smallest absolute Gasteiger partial charge is 0.294 e. The molecular formula is C17H14Cl2N2O2S3. The van der Waals surface area contributed by atoms with Crippen molar-refractivity contribution in [1.82, 2.24) is 0 Å². The van der Waals surface area contributed by atoms with Crippen LogP contribution in [0.1, 0.15) is 5.56 Å². The third-order valence-corrected chi connectivity index (χ3v) is 7.91. The summed E-state index contributed by atoms with van der Waals surface area (Å²) in [4.78, 5) is 0. The largest absolute Gasteiger partial charge is 0.334 e. The van der Waals surface area contributed by atoms with Crippen molar-refractivity contribution in [2.45, 2.75) is 11.1 Å². The van der Waals surface area contributed by atoms with Gasteiger partial charge in [0.25, 0.3) is 10.0 Å². The van der Waals surface area contributed by atoms with Crippen molar-refractivity contribution in [3.05, 3.63) is 58.1 Å². The number of aryl methyl sites for hydroxylation is 1. The van der Waals surface area contributed by atoms with E-state index in [9.17, 15) is 8.42 Å². The predicted molar refractivity (Wildman–Crippen MR) is 115 cm³/mol. The average molecular weight is 445 g/mol. The lowest BCUT2D eigenvalue weighted by atomic mass is 10.2. The molecule has 0 aliphatic heterocycles. The molecule has 0 spiro atoms. The van der Waals surface area contributed by atoms with E-state index < -0.39 is 10.0 Å². The lowest BCUT2D eigenvalue weighted by molar-refractivity contribution is 0.599. The molecule has 136 valence electrons. The van der Waals surface area contributed by atoms with E-state index in [1.807, 2.05) is 6.07 Å². The Balaban J connectivity index is 1.99. The molecule has 1 heterocycles. The minimum atomic E-state index is -3.85. The number of amidine groups is 1. The van der Waals surface area contributed by atoms with Gasteiger partial charge in [0.2, 0.25) is 0 Å². The minimum absolute atomic E-state index is 0.222. The Morgan fingerprint density at radius 2 is 1.77 bits per heavy atom. The van der Waals surface area contributed by atoms with Gasteiger partial charge in [-0.1, -0.05) is 35.0 Å². The van der Waals surface area contributed by atoms with Crippen molar-refractivity contribution in [2.75, 3.05) is 11.6 Å². The fourth-order valence-corrected chi connectivity index (χ4v) is 6.01. The van der Waals surface area contributed by atoms with Crippen LogP contribution in [0.5, 0.6) is 0 Å². The molecular weight excluding hydrogens is 431 g/mol. The molecule has 4 nitrogen and oxygen atoms in total. The van der Waals surface area contributed by atoms with E-state index in [0.29, 0.717) is 21.3 Å². The number of benzene rings is 2. The summed E-state index contributed by atoms with van der Waals surface area (Å²) in [5, 5.41) is 5.28. The van der Waals surface area contributed by atoms with Gasteiger partial charge in [-0.05, 0) is 66.6 Å². The maximum absolute atomic E-state index is 12.8. The molecule has 0 unspecified atom stereocenters. The lowest BCUT2D eigenvalue weighted by Gasteiger charge is -2.07. The Labute approximate surface area is 170 Å². The maximum atomic E-state index is 12.8. The lowest BCUT2D eigenvalue weighted by Crippen LogP contribution is -2.10. The zero-order chi connectivity index (χ0) is 18.9. The van der Waals surface area contributed by atoms with Gasteiger partial charge >= 0.3 is 0 Å². The Bertz CT molecular complexity index is 1090. The van der Waals surface area contributed by atoms with Gasteiger partial charge in [0.1, 0.15) is 4.21 Å². The number of nitrogens with zero attached hydrogens (tertiary/aromatic N) is 1. The Morgan fingerprint density at radius 3 is 2.42 bits per heavy atom. The highest BCUT2D eigenvalue weighted by Crippen LogP contribution is 2.36. The number of thiophene rings is 1. The Kier molecular flexibility index (Phi) is 5.84. The highest BCUT2D eigenvalue weighted by Gasteiger charge is 2.22. The summed E-state index contributed by atoms with van der Waals surface area (Å²) in [5.74, 6) is 0. The second kappa shape index (κ2) is 7.78. The minimum Gasteiger partial charge on any atom is -0.334 e. The number of sulfonamides is 1. The van der Waals surface area contributed by atoms with Gasteiger partial charge in [0, 0.05) is 20.4 Å². The number of hydrogen-bond donors (Lipinski definition) is 1. The Morgan fingerprint density at radius 1 is 1.12 bits per heavy atom. The van der Waals surface area contributed by atoms with Gasteiger partial charge in [0.15, 0.2) is 5.17 Å². The van der Waals surface area contributed by atoms with Crippen LogP contribution < -0.4 is 5.32 Å². The Hall–Kier alpha value is -1.25. The standard InChI is InChI=1S/C17H14Cl2N2O2S3/c1-10-14-9-12(19)5-8-15(14)25-16(10)26(22,23)21-17(24-2)20-13-6-3-11(18)4-7-13/h3-9H,1-2H3,(H,20,21). The van der Waals surface area contributed by atoms with E-state index >= 15 is 0 Å². The fourth-order valence-electron chi connectivity index (χ4n) is 2.34. The summed E-state index contributed by atoms with van der Waals surface area (Å²) in [6.45, 7) is 1.77. The number of fused-ring (bicyclic) bond motifs is 1. The molecule has 0 aliphatic carbocycles. The summed E-state index contributed by atoms with van der Waals surface area (Å²) < 4.78 is 30.7. The number of thioether (sulfide) groups is 1. The van der Waals surface area contributed by atoms with Crippen LogP contribution in [0.3, 0.4) is 0 Å². The molecule has 26 heavy (non-hydrogen) atoms. The second-order valence-electron chi connectivity index (χ2n) is 5.36. The van der Waals surface area contributed by atoms with Crippen molar-refractivity contribution < 1.29 is 8.42 Å². The first-order valence-electron chi connectivity index (χ1n) is 7.40. The molecule has 0 saturated heterocycles. The number of hydrogen-bond acceptors (Lipinski definition) is 4. The molecule has 0 fully saturated rings. The third kappa shape index (κ3) is 4.18. The van der Waals surface area contributed by atoms with Crippen LogP contribution in [-0.4, -0.2) is 19.8 Å². The highest BCUT2D eigenvalue weighted by molar-refractivity contribution is 8.14. The summed E-state index contributed by atoms with van der Waals surface area (Å²) in [5.41, 5.74) is 1.36. The van der Waals surface area contributed by atoms with Crippen molar-refractivity contribution in [2.24, 2.45) is 4.40 Å². The van der Waals surface area contributed by atoms with Crippen LogP contribution >= 0.6 is 46.3 Å². The van der Waals surface area contributed by atoms with E-state index in [-0.39, 0.29) is 9.38 Å². The van der Waals surface area contributed by atoms with Gasteiger partial charge in [-0.15, -0.1) is 15.7 Å². The number of anilines is 1. The molecule has 0 amide bonds. The van der Waals surface area contributed by atoms with Gasteiger partial charge in [0.05, 0.1) is 0 Å². The predicted octanol–water partition coefficient (Wildman–Crippen LogP) is 6.04. The molecule has 0 radical (unpaired) electrons. The first-order chi connectivity index (χ1) is 12.3. The molecule has 2 aromatic carbocycles. The van der Waals surface area contributed by atoms with Crippen LogP contribution in [0.15, 0.2) is 51.1 Å². The zero-order valence-electron chi connectivity index (χ0n) is 13.8. The van der Waals surface area contributed by atoms with Gasteiger partial charge < -0.3 is 5.32 Å². The van der Waals surface area contributed by atoms with Crippen LogP contribution in [0.4, 0.5) is 5.69 Å². The second-order valence-corrected chi connectivity index (χ2v) is 9.88.